The number of nitrogens with one attached hydrogen (secondary N) is 2. The Morgan fingerprint density at radius 1 is 1.53 bits per heavy atom. The van der Waals surface area contributed by atoms with Crippen molar-refractivity contribution in [3.8, 4) is 0 Å². The summed E-state index contributed by atoms with van der Waals surface area (Å²) in [6.07, 6.45) is 5.48. The van der Waals surface area contributed by atoms with Crippen molar-refractivity contribution in [3.63, 3.8) is 0 Å². The standard InChI is InChI=1S/C13H24N2O2/c1-3-4-10(8-17-2)15-13(16)11-7-9-5-6-12(11)14-9/h9-12,14H,3-8H2,1-2H3,(H,15,16). The largest absolute Gasteiger partial charge is 0.383 e. The molecule has 0 spiro atoms. The first-order valence-corrected chi connectivity index (χ1v) is 6.80. The van der Waals surface area contributed by atoms with Crippen molar-refractivity contribution < 1.29 is 9.53 Å². The lowest BCUT2D eigenvalue weighted by molar-refractivity contribution is -0.126. The number of ether oxygens (including phenoxy) is 1. The van der Waals surface area contributed by atoms with E-state index in [2.05, 4.69) is 17.6 Å². The molecule has 4 nitrogen and oxygen atoms in total. The van der Waals surface area contributed by atoms with Gasteiger partial charge >= 0.3 is 0 Å². The van der Waals surface area contributed by atoms with Gasteiger partial charge in [-0.05, 0) is 25.7 Å². The average Bonchev–Trinajstić information content (AvgIpc) is 2.91. The number of hydrogen-bond acceptors (Lipinski definition) is 3. The van der Waals surface area contributed by atoms with Crippen LogP contribution >= 0.6 is 0 Å². The zero-order valence-corrected chi connectivity index (χ0v) is 10.9. The van der Waals surface area contributed by atoms with Crippen molar-refractivity contribution in [2.75, 3.05) is 13.7 Å². The summed E-state index contributed by atoms with van der Waals surface area (Å²) in [6.45, 7) is 2.75. The maximum absolute atomic E-state index is 12.2. The van der Waals surface area contributed by atoms with Crippen LogP contribution in [0.1, 0.15) is 39.0 Å². The zero-order valence-electron chi connectivity index (χ0n) is 10.9. The predicted octanol–water partition coefficient (Wildman–Crippen LogP) is 1.06. The van der Waals surface area contributed by atoms with Crippen LogP contribution in [0, 0.1) is 5.92 Å². The Hall–Kier alpha value is -0.610. The minimum atomic E-state index is 0.177. The molecular weight excluding hydrogens is 216 g/mol. The molecule has 2 bridgehead atoms. The quantitative estimate of drug-likeness (QED) is 0.730. The van der Waals surface area contributed by atoms with Gasteiger partial charge in [-0.2, -0.15) is 0 Å². The van der Waals surface area contributed by atoms with Crippen molar-refractivity contribution in [3.05, 3.63) is 0 Å². The Morgan fingerprint density at radius 3 is 2.88 bits per heavy atom. The highest BCUT2D eigenvalue weighted by molar-refractivity contribution is 5.80. The van der Waals surface area contributed by atoms with Gasteiger partial charge in [0.25, 0.3) is 0 Å². The molecule has 0 radical (unpaired) electrons. The second-order valence-electron chi connectivity index (χ2n) is 5.34. The van der Waals surface area contributed by atoms with E-state index < -0.39 is 0 Å². The molecule has 17 heavy (non-hydrogen) atoms. The van der Waals surface area contributed by atoms with Crippen molar-refractivity contribution in [2.24, 2.45) is 5.92 Å². The molecule has 4 unspecified atom stereocenters. The zero-order chi connectivity index (χ0) is 12.3. The maximum atomic E-state index is 12.2. The lowest BCUT2D eigenvalue weighted by Crippen LogP contribution is -2.44. The molecule has 1 amide bonds. The fourth-order valence-electron chi connectivity index (χ4n) is 3.17. The number of carbonyl (C=O) groups is 1. The summed E-state index contributed by atoms with van der Waals surface area (Å²) in [5.74, 6) is 0.408. The molecule has 2 saturated heterocycles. The molecule has 2 heterocycles. The smallest absolute Gasteiger partial charge is 0.225 e. The first kappa shape index (κ1) is 12.8. The van der Waals surface area contributed by atoms with Crippen LogP contribution in [0.2, 0.25) is 0 Å². The molecule has 0 aromatic heterocycles. The van der Waals surface area contributed by atoms with Crippen molar-refractivity contribution >= 4 is 5.91 Å². The highest BCUT2D eigenvalue weighted by Gasteiger charge is 2.42. The van der Waals surface area contributed by atoms with E-state index >= 15 is 0 Å². The van der Waals surface area contributed by atoms with Gasteiger partial charge in [0, 0.05) is 19.2 Å². The number of fused-ring (bicyclic) bond motifs is 2. The molecule has 0 aromatic carbocycles. The third-order valence-corrected chi connectivity index (χ3v) is 3.99. The lowest BCUT2D eigenvalue weighted by atomic mass is 9.88. The van der Waals surface area contributed by atoms with Crippen LogP contribution in [-0.2, 0) is 9.53 Å². The minimum Gasteiger partial charge on any atom is -0.383 e. The first-order chi connectivity index (χ1) is 8.24. The molecular formula is C13H24N2O2. The summed E-state index contributed by atoms with van der Waals surface area (Å²) >= 11 is 0. The Kier molecular flexibility index (Phi) is 4.40. The van der Waals surface area contributed by atoms with Crippen LogP contribution in [0.5, 0.6) is 0 Å². The summed E-state index contributed by atoms with van der Waals surface area (Å²) in [4.78, 5) is 12.2. The number of methoxy groups -OCH3 is 1. The van der Waals surface area contributed by atoms with Gasteiger partial charge in [-0.25, -0.2) is 0 Å². The first-order valence-electron chi connectivity index (χ1n) is 6.80. The monoisotopic (exact) mass is 240 g/mol. The second-order valence-corrected chi connectivity index (χ2v) is 5.34. The van der Waals surface area contributed by atoms with Gasteiger partial charge in [0.05, 0.1) is 18.6 Å². The second kappa shape index (κ2) is 5.83. The number of carbonyl (C=O) groups excluding carboxylic acids is 1. The van der Waals surface area contributed by atoms with Crippen LogP contribution in [0.25, 0.3) is 0 Å². The number of rotatable bonds is 6. The van der Waals surface area contributed by atoms with E-state index in [1.807, 2.05) is 0 Å². The Bertz CT molecular complexity index is 264. The van der Waals surface area contributed by atoms with E-state index in [0.717, 1.165) is 25.7 Å². The number of amides is 1. The van der Waals surface area contributed by atoms with E-state index in [1.165, 1.54) is 6.42 Å². The van der Waals surface area contributed by atoms with E-state index in [0.29, 0.717) is 18.7 Å². The van der Waals surface area contributed by atoms with Crippen molar-refractivity contribution in [2.45, 2.75) is 57.2 Å². The molecule has 4 heteroatoms. The molecule has 98 valence electrons. The fourth-order valence-corrected chi connectivity index (χ4v) is 3.17. The summed E-state index contributed by atoms with van der Waals surface area (Å²) < 4.78 is 5.15. The van der Waals surface area contributed by atoms with Gasteiger partial charge in [0.1, 0.15) is 0 Å². The summed E-state index contributed by atoms with van der Waals surface area (Å²) in [6, 6.07) is 1.18. The third kappa shape index (κ3) is 2.99. The van der Waals surface area contributed by atoms with Crippen molar-refractivity contribution in [1.29, 1.82) is 0 Å². The van der Waals surface area contributed by atoms with E-state index in [1.54, 1.807) is 7.11 Å². The maximum Gasteiger partial charge on any atom is 0.225 e. The van der Waals surface area contributed by atoms with Crippen LogP contribution in [0.3, 0.4) is 0 Å². The third-order valence-electron chi connectivity index (χ3n) is 3.99. The molecule has 2 aliphatic heterocycles. The van der Waals surface area contributed by atoms with Crippen LogP contribution in [-0.4, -0.2) is 37.7 Å². The van der Waals surface area contributed by atoms with E-state index in [9.17, 15) is 4.79 Å². The normalized spacial score (nSPS) is 32.7. The molecule has 2 fully saturated rings. The lowest BCUT2D eigenvalue weighted by Gasteiger charge is -2.23. The summed E-state index contributed by atoms with van der Waals surface area (Å²) in [5, 5.41) is 6.65. The van der Waals surface area contributed by atoms with Crippen LogP contribution in [0.4, 0.5) is 0 Å². The SMILES string of the molecule is CCCC(COC)NC(=O)C1CC2CCC1N2. The van der Waals surface area contributed by atoms with Crippen molar-refractivity contribution in [1.82, 2.24) is 10.6 Å². The molecule has 0 saturated carbocycles. The van der Waals surface area contributed by atoms with Gasteiger partial charge < -0.3 is 15.4 Å². The molecule has 2 rings (SSSR count). The van der Waals surface area contributed by atoms with Gasteiger partial charge in [0.15, 0.2) is 0 Å². The molecule has 4 atom stereocenters. The molecule has 0 aromatic rings. The Labute approximate surface area is 103 Å². The molecule has 0 aliphatic carbocycles. The fraction of sp³-hybridized carbons (Fsp3) is 0.923. The highest BCUT2D eigenvalue weighted by Crippen LogP contribution is 2.33. The van der Waals surface area contributed by atoms with Gasteiger partial charge in [-0.1, -0.05) is 13.3 Å². The van der Waals surface area contributed by atoms with Gasteiger partial charge in [-0.15, -0.1) is 0 Å². The highest BCUT2D eigenvalue weighted by atomic mass is 16.5. The number of hydrogen-bond donors (Lipinski definition) is 2. The van der Waals surface area contributed by atoms with Crippen LogP contribution in [0.15, 0.2) is 0 Å². The minimum absolute atomic E-state index is 0.177. The average molecular weight is 240 g/mol. The van der Waals surface area contributed by atoms with Crippen LogP contribution < -0.4 is 10.6 Å². The van der Waals surface area contributed by atoms with E-state index in [4.69, 9.17) is 4.74 Å². The summed E-state index contributed by atoms with van der Waals surface area (Å²) in [5.41, 5.74) is 0. The van der Waals surface area contributed by atoms with Gasteiger partial charge in [-0.3, -0.25) is 4.79 Å². The topological polar surface area (TPSA) is 50.4 Å². The van der Waals surface area contributed by atoms with E-state index in [-0.39, 0.29) is 17.9 Å². The van der Waals surface area contributed by atoms with Gasteiger partial charge in [0.2, 0.25) is 5.91 Å². The molecule has 2 aliphatic rings. The predicted molar refractivity (Wildman–Crippen MR) is 66.8 cm³/mol. The summed E-state index contributed by atoms with van der Waals surface area (Å²) in [7, 11) is 1.69. The Morgan fingerprint density at radius 2 is 2.35 bits per heavy atom. The Balaban J connectivity index is 1.82. The molecule has 2 N–H and O–H groups in total.